The number of hydrogen-bond acceptors (Lipinski definition) is 2. The molecule has 5 nitrogen and oxygen atoms in total. The predicted molar refractivity (Wildman–Crippen MR) is 58.0 cm³/mol. The number of carbonyl (C=O) groups is 1. The zero-order valence-electron chi connectivity index (χ0n) is 9.42. The summed E-state index contributed by atoms with van der Waals surface area (Å²) in [7, 11) is 0. The topological polar surface area (TPSA) is 80.9 Å². The molecule has 0 aliphatic carbocycles. The Bertz CT molecular complexity index is 436. The number of halogens is 1. The maximum atomic E-state index is 12.2. The lowest BCUT2D eigenvalue weighted by Crippen LogP contribution is -2.22. The fourth-order valence-corrected chi connectivity index (χ4v) is 1.81. The Morgan fingerprint density at radius 1 is 1.62 bits per heavy atom. The van der Waals surface area contributed by atoms with Crippen molar-refractivity contribution in [1.29, 1.82) is 0 Å². The van der Waals surface area contributed by atoms with Gasteiger partial charge in [-0.3, -0.25) is 9.36 Å². The maximum absolute atomic E-state index is 12.2. The van der Waals surface area contributed by atoms with E-state index in [1.807, 2.05) is 0 Å². The first-order valence-corrected chi connectivity index (χ1v) is 5.17. The molecule has 1 amide bonds. The van der Waals surface area contributed by atoms with E-state index in [4.69, 9.17) is 5.73 Å². The lowest BCUT2D eigenvalue weighted by atomic mass is 10.0. The first-order valence-electron chi connectivity index (χ1n) is 5.17. The van der Waals surface area contributed by atoms with Crippen molar-refractivity contribution < 1.29 is 9.18 Å². The minimum Gasteiger partial charge on any atom is -0.369 e. The number of nitrogens with two attached hydrogens (primary N) is 1. The summed E-state index contributed by atoms with van der Waals surface area (Å²) in [5, 5.41) is 0. The number of nitrogens with one attached hydrogen (secondary N) is 1. The number of H-pyrrole nitrogens is 1. The molecule has 0 fully saturated rings. The molecular weight excluding hydrogens is 213 g/mol. The van der Waals surface area contributed by atoms with Gasteiger partial charge in [0.15, 0.2) is 0 Å². The van der Waals surface area contributed by atoms with E-state index in [1.165, 1.54) is 4.57 Å². The third kappa shape index (κ3) is 2.15. The molecule has 1 aromatic rings. The number of imidazole rings is 1. The second kappa shape index (κ2) is 4.96. The van der Waals surface area contributed by atoms with Crippen molar-refractivity contribution in [2.45, 2.75) is 32.7 Å². The van der Waals surface area contributed by atoms with Crippen LogP contribution in [0.1, 0.15) is 30.7 Å². The van der Waals surface area contributed by atoms with Crippen LogP contribution in [0.2, 0.25) is 0 Å². The Morgan fingerprint density at radius 2 is 2.25 bits per heavy atom. The number of aromatic amines is 1. The fourth-order valence-electron chi connectivity index (χ4n) is 1.81. The van der Waals surface area contributed by atoms with Crippen LogP contribution in [0.3, 0.4) is 0 Å². The third-order valence-electron chi connectivity index (χ3n) is 2.69. The normalized spacial score (nSPS) is 12.7. The zero-order chi connectivity index (χ0) is 12.3. The van der Waals surface area contributed by atoms with Crippen LogP contribution in [0.4, 0.5) is 4.39 Å². The number of hydrogen-bond donors (Lipinski definition) is 2. The molecule has 0 aliphatic rings. The second-order valence-corrected chi connectivity index (χ2v) is 3.63. The second-order valence-electron chi connectivity index (χ2n) is 3.63. The van der Waals surface area contributed by atoms with Crippen LogP contribution in [0, 0.1) is 6.92 Å². The van der Waals surface area contributed by atoms with Crippen molar-refractivity contribution in [2.24, 2.45) is 5.73 Å². The summed E-state index contributed by atoms with van der Waals surface area (Å²) in [6.45, 7) is 2.86. The summed E-state index contributed by atoms with van der Waals surface area (Å²) in [6, 6.07) is 0. The van der Waals surface area contributed by atoms with E-state index < -0.39 is 24.2 Å². The first-order chi connectivity index (χ1) is 7.52. The monoisotopic (exact) mass is 229 g/mol. The number of primary amides is 1. The highest BCUT2D eigenvalue weighted by atomic mass is 19.1. The quantitative estimate of drug-likeness (QED) is 0.767. The van der Waals surface area contributed by atoms with E-state index in [9.17, 15) is 14.0 Å². The van der Waals surface area contributed by atoms with E-state index in [1.54, 1.807) is 13.8 Å². The van der Waals surface area contributed by atoms with Gasteiger partial charge in [-0.05, 0) is 13.3 Å². The van der Waals surface area contributed by atoms with E-state index >= 15 is 0 Å². The van der Waals surface area contributed by atoms with Crippen molar-refractivity contribution in [1.82, 2.24) is 9.55 Å². The van der Waals surface area contributed by atoms with Crippen molar-refractivity contribution in [3.8, 4) is 0 Å². The van der Waals surface area contributed by atoms with Gasteiger partial charge in [0.05, 0.1) is 18.2 Å². The third-order valence-corrected chi connectivity index (χ3v) is 2.69. The molecule has 1 aromatic heterocycles. The molecule has 0 radical (unpaired) electrons. The van der Waals surface area contributed by atoms with Gasteiger partial charge in [0.2, 0.25) is 5.91 Å². The standard InChI is InChI=1S/C10H16FN3O2/c1-3-7(9(12)15)8-6(2)14(5-4-11)10(16)13-8/h7H,3-5H2,1-2H3,(H2,12,15)(H,13,16). The van der Waals surface area contributed by atoms with E-state index in [0.29, 0.717) is 17.8 Å². The Balaban J connectivity index is 3.20. The van der Waals surface area contributed by atoms with Crippen LogP contribution in [0.15, 0.2) is 4.79 Å². The van der Waals surface area contributed by atoms with Gasteiger partial charge < -0.3 is 10.7 Å². The van der Waals surface area contributed by atoms with Crippen LogP contribution in [0.5, 0.6) is 0 Å². The summed E-state index contributed by atoms with van der Waals surface area (Å²) in [4.78, 5) is 25.2. The Kier molecular flexibility index (Phi) is 3.87. The van der Waals surface area contributed by atoms with E-state index in [0.717, 1.165) is 0 Å². The summed E-state index contributed by atoms with van der Waals surface area (Å²) in [5.74, 6) is -1.01. The highest BCUT2D eigenvalue weighted by Crippen LogP contribution is 2.19. The van der Waals surface area contributed by atoms with Gasteiger partial charge in [0, 0.05) is 5.69 Å². The molecule has 1 heterocycles. The predicted octanol–water partition coefficient (Wildman–Crippen LogP) is 0.433. The molecule has 0 saturated carbocycles. The summed E-state index contributed by atoms with van der Waals surface area (Å²) in [6.07, 6.45) is 0.506. The number of carbonyl (C=O) groups excluding carboxylic acids is 1. The average Bonchev–Trinajstić information content (AvgIpc) is 2.47. The van der Waals surface area contributed by atoms with E-state index in [-0.39, 0.29) is 6.54 Å². The van der Waals surface area contributed by atoms with Crippen molar-refractivity contribution >= 4 is 5.91 Å². The first kappa shape index (κ1) is 12.5. The molecule has 1 atom stereocenters. The van der Waals surface area contributed by atoms with Gasteiger partial charge in [-0.1, -0.05) is 6.92 Å². The Morgan fingerprint density at radius 3 is 2.69 bits per heavy atom. The number of aromatic nitrogens is 2. The Labute approximate surface area is 92.5 Å². The molecule has 0 saturated heterocycles. The number of amides is 1. The fraction of sp³-hybridized carbons (Fsp3) is 0.600. The number of alkyl halides is 1. The highest BCUT2D eigenvalue weighted by Gasteiger charge is 2.22. The molecule has 1 rings (SSSR count). The Hall–Kier alpha value is -1.59. The molecule has 16 heavy (non-hydrogen) atoms. The largest absolute Gasteiger partial charge is 0.369 e. The lowest BCUT2D eigenvalue weighted by molar-refractivity contribution is -0.119. The minimum absolute atomic E-state index is 0.00361. The molecule has 3 N–H and O–H groups in total. The molecule has 0 spiro atoms. The molecule has 6 heteroatoms. The van der Waals surface area contributed by atoms with E-state index in [2.05, 4.69) is 4.98 Å². The van der Waals surface area contributed by atoms with Crippen molar-refractivity contribution in [3.05, 3.63) is 21.9 Å². The van der Waals surface area contributed by atoms with Crippen molar-refractivity contribution in [3.63, 3.8) is 0 Å². The molecule has 0 aliphatic heterocycles. The van der Waals surface area contributed by atoms with Crippen LogP contribution < -0.4 is 11.4 Å². The number of rotatable bonds is 5. The van der Waals surface area contributed by atoms with Gasteiger partial charge in [0.25, 0.3) is 0 Å². The van der Waals surface area contributed by atoms with Gasteiger partial charge in [0.1, 0.15) is 6.67 Å². The average molecular weight is 229 g/mol. The molecule has 1 unspecified atom stereocenters. The van der Waals surface area contributed by atoms with Gasteiger partial charge >= 0.3 is 5.69 Å². The van der Waals surface area contributed by atoms with Crippen LogP contribution in [-0.2, 0) is 11.3 Å². The molecule has 0 aromatic carbocycles. The summed E-state index contributed by atoms with van der Waals surface area (Å²) in [5.41, 5.74) is 5.91. The van der Waals surface area contributed by atoms with Gasteiger partial charge in [-0.2, -0.15) is 0 Å². The smallest absolute Gasteiger partial charge is 0.326 e. The van der Waals surface area contributed by atoms with Crippen LogP contribution >= 0.6 is 0 Å². The SMILES string of the molecule is CCC(C(N)=O)c1[nH]c(=O)n(CCF)c1C. The van der Waals surface area contributed by atoms with Crippen molar-refractivity contribution in [2.75, 3.05) is 6.67 Å². The summed E-state index contributed by atoms with van der Waals surface area (Å²) >= 11 is 0. The zero-order valence-corrected chi connectivity index (χ0v) is 9.42. The van der Waals surface area contributed by atoms with Crippen LogP contribution in [0.25, 0.3) is 0 Å². The van der Waals surface area contributed by atoms with Gasteiger partial charge in [-0.25, -0.2) is 9.18 Å². The van der Waals surface area contributed by atoms with Crippen LogP contribution in [-0.4, -0.2) is 22.1 Å². The van der Waals surface area contributed by atoms with Gasteiger partial charge in [-0.15, -0.1) is 0 Å². The maximum Gasteiger partial charge on any atom is 0.326 e. The number of nitrogens with zero attached hydrogens (tertiary/aromatic N) is 1. The molecule has 90 valence electrons. The lowest BCUT2D eigenvalue weighted by Gasteiger charge is -2.10. The minimum atomic E-state index is -0.620. The molecule has 0 bridgehead atoms. The summed E-state index contributed by atoms with van der Waals surface area (Å²) < 4.78 is 13.5. The highest BCUT2D eigenvalue weighted by molar-refractivity contribution is 5.81. The molecular formula is C10H16FN3O2.